The molecule has 42 heavy (non-hydrogen) atoms. The van der Waals surface area contributed by atoms with Crippen LogP contribution in [0.2, 0.25) is 0 Å². The zero-order chi connectivity index (χ0) is 30.8. The van der Waals surface area contributed by atoms with Crippen molar-refractivity contribution in [3.8, 4) is 0 Å². The van der Waals surface area contributed by atoms with Crippen molar-refractivity contribution in [2.24, 2.45) is 5.73 Å². The Labute approximate surface area is 241 Å². The minimum atomic E-state index is -1.56. The van der Waals surface area contributed by atoms with Crippen molar-refractivity contribution in [1.82, 2.24) is 20.9 Å². The molecule has 224 valence electrons. The van der Waals surface area contributed by atoms with Gasteiger partial charge in [0.15, 0.2) is 0 Å². The van der Waals surface area contributed by atoms with Crippen LogP contribution in [0, 0.1) is 0 Å². The number of aliphatic carboxylic acids is 2. The molecule has 1 aromatic heterocycles. The number of H-pyrrole nitrogens is 1. The van der Waals surface area contributed by atoms with Gasteiger partial charge in [-0.25, -0.2) is 4.79 Å². The number of hydrogen-bond donors (Lipinski definition) is 8. The monoisotopic (exact) mass is 581 g/mol. The van der Waals surface area contributed by atoms with E-state index in [4.69, 9.17) is 10.8 Å². The van der Waals surface area contributed by atoms with E-state index in [-0.39, 0.29) is 25.7 Å². The number of para-hydroxylation sites is 1. The van der Waals surface area contributed by atoms with Gasteiger partial charge in [-0.15, -0.1) is 0 Å². The number of aromatic amines is 1. The molecule has 13 nitrogen and oxygen atoms in total. The highest BCUT2D eigenvalue weighted by Gasteiger charge is 2.33. The van der Waals surface area contributed by atoms with E-state index in [2.05, 4.69) is 20.9 Å². The first-order valence-electron chi connectivity index (χ1n) is 13.3. The number of amides is 3. The first kappa shape index (κ1) is 31.8. The van der Waals surface area contributed by atoms with Crippen molar-refractivity contribution in [2.45, 2.75) is 62.9 Å². The molecule has 5 atom stereocenters. The van der Waals surface area contributed by atoms with Crippen molar-refractivity contribution >= 4 is 40.6 Å². The van der Waals surface area contributed by atoms with Gasteiger partial charge in [-0.05, 0) is 30.5 Å². The Bertz CT molecular complexity index is 1410. The predicted octanol–water partition coefficient (Wildman–Crippen LogP) is 0.0650. The van der Waals surface area contributed by atoms with Crippen LogP contribution in [0.25, 0.3) is 10.9 Å². The Morgan fingerprint density at radius 2 is 1.48 bits per heavy atom. The predicted molar refractivity (Wildman–Crippen MR) is 152 cm³/mol. The number of aromatic nitrogens is 1. The molecule has 13 heteroatoms. The van der Waals surface area contributed by atoms with Crippen LogP contribution in [-0.4, -0.2) is 80.2 Å². The summed E-state index contributed by atoms with van der Waals surface area (Å²) in [6.45, 7) is 1.26. The summed E-state index contributed by atoms with van der Waals surface area (Å²) in [5.74, 6) is -4.98. The lowest BCUT2D eigenvalue weighted by Gasteiger charge is -2.26. The fraction of sp³-hybridized carbons (Fsp3) is 0.345. The largest absolute Gasteiger partial charge is 0.481 e. The number of hydrogen-bond acceptors (Lipinski definition) is 7. The van der Waals surface area contributed by atoms with Crippen molar-refractivity contribution in [1.29, 1.82) is 0 Å². The minimum Gasteiger partial charge on any atom is -0.481 e. The lowest BCUT2D eigenvalue weighted by Crippen LogP contribution is -2.60. The number of carboxylic acids is 2. The zero-order valence-electron chi connectivity index (χ0n) is 22.9. The Balaban J connectivity index is 1.80. The molecular formula is C29H35N5O8. The number of carboxylic acid groups (broad SMARTS) is 2. The molecule has 1 heterocycles. The van der Waals surface area contributed by atoms with Crippen LogP contribution in [0.5, 0.6) is 0 Å². The number of aliphatic hydroxyl groups is 1. The van der Waals surface area contributed by atoms with Crippen molar-refractivity contribution in [3.05, 3.63) is 71.9 Å². The molecule has 3 rings (SSSR count). The van der Waals surface area contributed by atoms with Gasteiger partial charge in [0.05, 0.1) is 12.1 Å². The van der Waals surface area contributed by atoms with E-state index in [9.17, 15) is 34.2 Å². The van der Waals surface area contributed by atoms with E-state index in [1.165, 1.54) is 6.92 Å². The normalized spacial score (nSPS) is 14.6. The second-order valence-electron chi connectivity index (χ2n) is 9.98. The first-order chi connectivity index (χ1) is 20.0. The summed E-state index contributed by atoms with van der Waals surface area (Å²) in [4.78, 5) is 65.2. The highest BCUT2D eigenvalue weighted by atomic mass is 16.4. The third-order valence-corrected chi connectivity index (χ3v) is 6.70. The molecular weight excluding hydrogens is 546 g/mol. The fourth-order valence-corrected chi connectivity index (χ4v) is 4.39. The van der Waals surface area contributed by atoms with Gasteiger partial charge in [-0.2, -0.15) is 0 Å². The molecule has 0 spiro atoms. The van der Waals surface area contributed by atoms with Gasteiger partial charge in [0.2, 0.25) is 17.7 Å². The molecule has 0 saturated heterocycles. The summed E-state index contributed by atoms with van der Waals surface area (Å²) < 4.78 is 0. The van der Waals surface area contributed by atoms with Gasteiger partial charge in [0.25, 0.3) is 0 Å². The maximum atomic E-state index is 13.5. The van der Waals surface area contributed by atoms with Gasteiger partial charge in [0, 0.05) is 36.4 Å². The summed E-state index contributed by atoms with van der Waals surface area (Å²) in [5, 5.41) is 37.0. The van der Waals surface area contributed by atoms with Gasteiger partial charge >= 0.3 is 11.9 Å². The third kappa shape index (κ3) is 8.88. The fourth-order valence-electron chi connectivity index (χ4n) is 4.39. The molecule has 0 saturated carbocycles. The number of aliphatic hydroxyl groups excluding tert-OH is 1. The quantitative estimate of drug-likeness (QED) is 0.121. The SMILES string of the molecule is CC(O)C(NC(=O)C(Cc1c[nH]c2ccccc12)NC(=O)C(N)CCC(=O)O)C(=O)NC(Cc1ccccc1)C(=O)O. The highest BCUT2D eigenvalue weighted by molar-refractivity contribution is 5.95. The third-order valence-electron chi connectivity index (χ3n) is 6.70. The lowest BCUT2D eigenvalue weighted by atomic mass is 10.0. The van der Waals surface area contributed by atoms with E-state index in [0.717, 1.165) is 10.9 Å². The maximum absolute atomic E-state index is 13.5. The Hall–Kier alpha value is -4.75. The summed E-state index contributed by atoms with van der Waals surface area (Å²) >= 11 is 0. The summed E-state index contributed by atoms with van der Waals surface area (Å²) in [5.41, 5.74) is 7.96. The van der Waals surface area contributed by atoms with Crippen molar-refractivity contribution < 1.29 is 39.3 Å². The van der Waals surface area contributed by atoms with E-state index in [1.807, 2.05) is 18.2 Å². The van der Waals surface area contributed by atoms with Crippen LogP contribution in [0.15, 0.2) is 60.8 Å². The topological polar surface area (TPSA) is 224 Å². The number of carbonyl (C=O) groups is 5. The van der Waals surface area contributed by atoms with E-state index in [0.29, 0.717) is 11.1 Å². The maximum Gasteiger partial charge on any atom is 0.326 e. The Morgan fingerprint density at radius 1 is 0.833 bits per heavy atom. The number of benzene rings is 2. The van der Waals surface area contributed by atoms with Crippen LogP contribution in [0.4, 0.5) is 0 Å². The molecule has 5 unspecified atom stereocenters. The zero-order valence-corrected chi connectivity index (χ0v) is 22.9. The molecule has 0 radical (unpaired) electrons. The first-order valence-corrected chi connectivity index (χ1v) is 13.3. The lowest BCUT2D eigenvalue weighted by molar-refractivity contribution is -0.143. The molecule has 0 fully saturated rings. The summed E-state index contributed by atoms with van der Waals surface area (Å²) in [6.07, 6.45) is -0.349. The Kier molecular flexibility index (Phi) is 11.2. The second kappa shape index (κ2) is 14.8. The van der Waals surface area contributed by atoms with E-state index in [1.54, 1.807) is 42.6 Å². The van der Waals surface area contributed by atoms with E-state index < -0.39 is 59.9 Å². The summed E-state index contributed by atoms with van der Waals surface area (Å²) in [6, 6.07) is 10.5. The average molecular weight is 582 g/mol. The molecule has 9 N–H and O–H groups in total. The standard InChI is InChI=1S/C29H35N5O8/c1-16(35)25(28(40)33-23(29(41)42)13-17-7-3-2-4-8-17)34-27(39)22(32-26(38)20(30)11-12-24(36)37)14-18-15-31-21-10-6-5-9-19(18)21/h2-10,15-16,20,22-23,25,31,35H,11-14,30H2,1H3,(H,32,38)(H,33,40)(H,34,39)(H,36,37)(H,41,42). The average Bonchev–Trinajstić information content (AvgIpc) is 3.36. The van der Waals surface area contributed by atoms with Crippen molar-refractivity contribution in [2.75, 3.05) is 0 Å². The number of nitrogens with one attached hydrogen (secondary N) is 4. The van der Waals surface area contributed by atoms with Crippen LogP contribution < -0.4 is 21.7 Å². The molecule has 0 aliphatic heterocycles. The molecule has 3 amide bonds. The molecule has 2 aromatic carbocycles. The molecule has 0 aliphatic carbocycles. The Morgan fingerprint density at radius 3 is 2.12 bits per heavy atom. The highest BCUT2D eigenvalue weighted by Crippen LogP contribution is 2.19. The van der Waals surface area contributed by atoms with Crippen LogP contribution in [0.1, 0.15) is 30.9 Å². The molecule has 3 aromatic rings. The van der Waals surface area contributed by atoms with Crippen LogP contribution in [0.3, 0.4) is 0 Å². The minimum absolute atomic E-state index is 0.0319. The van der Waals surface area contributed by atoms with Crippen molar-refractivity contribution in [3.63, 3.8) is 0 Å². The molecule has 0 aliphatic rings. The second-order valence-corrected chi connectivity index (χ2v) is 9.98. The van der Waals surface area contributed by atoms with E-state index >= 15 is 0 Å². The van der Waals surface area contributed by atoms with Crippen LogP contribution in [-0.2, 0) is 36.8 Å². The number of rotatable bonds is 15. The van der Waals surface area contributed by atoms with Gasteiger partial charge in [0.1, 0.15) is 18.1 Å². The summed E-state index contributed by atoms with van der Waals surface area (Å²) in [7, 11) is 0. The number of fused-ring (bicyclic) bond motifs is 1. The van der Waals surface area contributed by atoms with Gasteiger partial charge < -0.3 is 42.0 Å². The van der Waals surface area contributed by atoms with Gasteiger partial charge in [-0.3, -0.25) is 19.2 Å². The van der Waals surface area contributed by atoms with Gasteiger partial charge in [-0.1, -0.05) is 48.5 Å². The van der Waals surface area contributed by atoms with Crippen LogP contribution >= 0.6 is 0 Å². The number of carbonyl (C=O) groups excluding carboxylic acids is 3. The number of nitrogens with two attached hydrogens (primary N) is 1. The molecule has 0 bridgehead atoms. The smallest absolute Gasteiger partial charge is 0.326 e.